The molecule has 0 aromatic heterocycles. The highest BCUT2D eigenvalue weighted by Crippen LogP contribution is 2.08. The summed E-state index contributed by atoms with van der Waals surface area (Å²) in [6.45, 7) is 9.68. The van der Waals surface area contributed by atoms with Gasteiger partial charge >= 0.3 is 5.97 Å². The number of ether oxygens (including phenoxy) is 1. The summed E-state index contributed by atoms with van der Waals surface area (Å²) in [6.07, 6.45) is 6.18. The van der Waals surface area contributed by atoms with E-state index in [9.17, 15) is 4.79 Å². The van der Waals surface area contributed by atoms with Crippen molar-refractivity contribution in [1.29, 1.82) is 0 Å². The van der Waals surface area contributed by atoms with Gasteiger partial charge in [-0.15, -0.1) is 6.58 Å². The Bertz CT molecular complexity index is 216. The van der Waals surface area contributed by atoms with Gasteiger partial charge in [0.1, 0.15) is 6.61 Å². The van der Waals surface area contributed by atoms with Crippen LogP contribution in [0.2, 0.25) is 0 Å². The second kappa shape index (κ2) is 7.36. The van der Waals surface area contributed by atoms with E-state index >= 15 is 0 Å². The molecule has 0 saturated carbocycles. The van der Waals surface area contributed by atoms with E-state index in [4.69, 9.17) is 4.74 Å². The van der Waals surface area contributed by atoms with Crippen LogP contribution in [0.15, 0.2) is 24.3 Å². The third-order valence-corrected chi connectivity index (χ3v) is 2.02. The minimum atomic E-state index is -0.225. The van der Waals surface area contributed by atoms with Gasteiger partial charge in [-0.2, -0.15) is 0 Å². The lowest BCUT2D eigenvalue weighted by molar-refractivity contribution is -0.139. The summed E-state index contributed by atoms with van der Waals surface area (Å²) < 4.78 is 4.86. The van der Waals surface area contributed by atoms with Crippen LogP contribution in [0.4, 0.5) is 0 Å². The molecule has 0 heterocycles. The molecule has 0 unspecified atom stereocenters. The first-order valence-corrected chi connectivity index (χ1v) is 4.97. The molecule has 0 amide bonds. The summed E-state index contributed by atoms with van der Waals surface area (Å²) in [5.41, 5.74) is 1.11. The normalized spacial score (nSPS) is 13.5. The van der Waals surface area contributed by atoms with Crippen molar-refractivity contribution in [2.45, 2.75) is 33.6 Å². The highest BCUT2D eigenvalue weighted by molar-refractivity contribution is 5.66. The first kappa shape index (κ1) is 12.9. The first-order chi connectivity index (χ1) is 6.56. The number of allylic oxidation sites excluding steroid dienone is 2. The van der Waals surface area contributed by atoms with Crippen LogP contribution in [-0.4, -0.2) is 12.6 Å². The Labute approximate surface area is 86.6 Å². The monoisotopic (exact) mass is 196 g/mol. The second-order valence-corrected chi connectivity index (χ2v) is 3.62. The summed E-state index contributed by atoms with van der Waals surface area (Å²) >= 11 is 0. The van der Waals surface area contributed by atoms with Crippen molar-refractivity contribution >= 4 is 5.97 Å². The van der Waals surface area contributed by atoms with E-state index in [0.29, 0.717) is 12.5 Å². The standard InChI is InChI=1S/C12H20O2/c1-5-10(2)7-6-8-11(3)9-14-12(4)13/h5,8,10H,1,6-7,9H2,2-4H3/b11-8+/t10-/m1/s1. The van der Waals surface area contributed by atoms with Crippen molar-refractivity contribution < 1.29 is 9.53 Å². The molecule has 0 bridgehead atoms. The Morgan fingerprint density at radius 1 is 1.50 bits per heavy atom. The van der Waals surface area contributed by atoms with Crippen molar-refractivity contribution in [3.63, 3.8) is 0 Å². The van der Waals surface area contributed by atoms with E-state index in [2.05, 4.69) is 19.6 Å². The Morgan fingerprint density at radius 2 is 2.14 bits per heavy atom. The van der Waals surface area contributed by atoms with Gasteiger partial charge in [-0.3, -0.25) is 4.79 Å². The molecule has 14 heavy (non-hydrogen) atoms. The molecule has 0 aliphatic rings. The summed E-state index contributed by atoms with van der Waals surface area (Å²) in [5.74, 6) is 0.324. The van der Waals surface area contributed by atoms with E-state index < -0.39 is 0 Å². The number of carbonyl (C=O) groups excluding carboxylic acids is 1. The molecule has 0 aromatic rings. The fourth-order valence-corrected chi connectivity index (χ4v) is 0.985. The van der Waals surface area contributed by atoms with Gasteiger partial charge in [0.2, 0.25) is 0 Å². The molecule has 0 saturated heterocycles. The predicted molar refractivity (Wildman–Crippen MR) is 59.0 cm³/mol. The maximum atomic E-state index is 10.5. The molecule has 2 nitrogen and oxygen atoms in total. The average Bonchev–Trinajstić information content (AvgIpc) is 2.14. The van der Waals surface area contributed by atoms with E-state index in [1.807, 2.05) is 13.0 Å². The van der Waals surface area contributed by atoms with Gasteiger partial charge in [-0.05, 0) is 31.3 Å². The third-order valence-electron chi connectivity index (χ3n) is 2.02. The largest absolute Gasteiger partial charge is 0.461 e. The topological polar surface area (TPSA) is 26.3 Å². The average molecular weight is 196 g/mol. The number of hydrogen-bond acceptors (Lipinski definition) is 2. The van der Waals surface area contributed by atoms with Gasteiger partial charge in [0, 0.05) is 6.92 Å². The third kappa shape index (κ3) is 7.59. The van der Waals surface area contributed by atoms with Crippen molar-refractivity contribution in [1.82, 2.24) is 0 Å². The Kier molecular flexibility index (Phi) is 6.81. The smallest absolute Gasteiger partial charge is 0.302 e. The molecule has 2 heteroatoms. The summed E-state index contributed by atoms with van der Waals surface area (Å²) in [5, 5.41) is 0. The lowest BCUT2D eigenvalue weighted by atomic mass is 10.1. The predicted octanol–water partition coefficient (Wildman–Crippen LogP) is 3.10. The Balaban J connectivity index is 3.65. The van der Waals surface area contributed by atoms with Crippen LogP contribution in [0, 0.1) is 5.92 Å². The van der Waals surface area contributed by atoms with Gasteiger partial charge in [0.25, 0.3) is 0 Å². The molecule has 0 N–H and O–H groups in total. The number of hydrogen-bond donors (Lipinski definition) is 0. The van der Waals surface area contributed by atoms with E-state index in [1.54, 1.807) is 0 Å². The van der Waals surface area contributed by atoms with Crippen LogP contribution in [0.3, 0.4) is 0 Å². The minimum Gasteiger partial charge on any atom is -0.461 e. The van der Waals surface area contributed by atoms with Crippen LogP contribution in [0.25, 0.3) is 0 Å². The van der Waals surface area contributed by atoms with Crippen molar-refractivity contribution in [2.24, 2.45) is 5.92 Å². The lowest BCUT2D eigenvalue weighted by Crippen LogP contribution is -2.01. The zero-order chi connectivity index (χ0) is 11.0. The molecule has 0 rings (SSSR count). The van der Waals surface area contributed by atoms with E-state index in [-0.39, 0.29) is 5.97 Å². The lowest BCUT2D eigenvalue weighted by Gasteiger charge is -2.04. The zero-order valence-electron chi connectivity index (χ0n) is 9.38. The molecular formula is C12H20O2. The first-order valence-electron chi connectivity index (χ1n) is 4.97. The molecule has 0 fully saturated rings. The Hall–Kier alpha value is -1.05. The highest BCUT2D eigenvalue weighted by Gasteiger charge is 1.96. The minimum absolute atomic E-state index is 0.225. The molecular weight excluding hydrogens is 176 g/mol. The molecule has 0 aliphatic heterocycles. The summed E-state index contributed by atoms with van der Waals surface area (Å²) in [4.78, 5) is 10.5. The van der Waals surface area contributed by atoms with Crippen LogP contribution in [-0.2, 0) is 9.53 Å². The molecule has 80 valence electrons. The van der Waals surface area contributed by atoms with Crippen LogP contribution in [0.5, 0.6) is 0 Å². The molecule has 1 atom stereocenters. The zero-order valence-corrected chi connectivity index (χ0v) is 9.38. The van der Waals surface area contributed by atoms with Gasteiger partial charge < -0.3 is 4.74 Å². The molecule has 0 aliphatic carbocycles. The maximum Gasteiger partial charge on any atom is 0.302 e. The maximum absolute atomic E-state index is 10.5. The fraction of sp³-hybridized carbons (Fsp3) is 0.583. The summed E-state index contributed by atoms with van der Waals surface area (Å²) in [6, 6.07) is 0. The number of rotatable bonds is 6. The number of carbonyl (C=O) groups is 1. The molecule has 0 radical (unpaired) electrons. The van der Waals surface area contributed by atoms with E-state index in [1.165, 1.54) is 6.92 Å². The second-order valence-electron chi connectivity index (χ2n) is 3.62. The highest BCUT2D eigenvalue weighted by atomic mass is 16.5. The van der Waals surface area contributed by atoms with Crippen molar-refractivity contribution in [3.8, 4) is 0 Å². The van der Waals surface area contributed by atoms with Gasteiger partial charge in [-0.1, -0.05) is 19.1 Å². The summed E-state index contributed by atoms with van der Waals surface area (Å²) in [7, 11) is 0. The quantitative estimate of drug-likeness (QED) is 0.482. The van der Waals surface area contributed by atoms with Crippen LogP contribution < -0.4 is 0 Å². The fourth-order valence-electron chi connectivity index (χ4n) is 0.985. The molecule has 0 spiro atoms. The van der Waals surface area contributed by atoms with Crippen LogP contribution >= 0.6 is 0 Å². The van der Waals surface area contributed by atoms with Gasteiger partial charge in [-0.25, -0.2) is 0 Å². The van der Waals surface area contributed by atoms with E-state index in [0.717, 1.165) is 18.4 Å². The molecule has 0 aromatic carbocycles. The van der Waals surface area contributed by atoms with Crippen molar-refractivity contribution in [2.75, 3.05) is 6.61 Å². The van der Waals surface area contributed by atoms with Gasteiger partial charge in [0.05, 0.1) is 0 Å². The van der Waals surface area contributed by atoms with Crippen LogP contribution in [0.1, 0.15) is 33.6 Å². The SMILES string of the molecule is C=C[C@@H](C)CC/C=C(\C)COC(C)=O. The Morgan fingerprint density at radius 3 is 2.64 bits per heavy atom. The van der Waals surface area contributed by atoms with Gasteiger partial charge in [0.15, 0.2) is 0 Å². The van der Waals surface area contributed by atoms with Crippen molar-refractivity contribution in [3.05, 3.63) is 24.3 Å². The number of esters is 1.